The van der Waals surface area contributed by atoms with Crippen LogP contribution in [0.2, 0.25) is 0 Å². The number of hydrogen-bond acceptors (Lipinski definition) is 3. The maximum absolute atomic E-state index is 12.0. The summed E-state index contributed by atoms with van der Waals surface area (Å²) in [6.45, 7) is 9.08. The first kappa shape index (κ1) is 16.8. The minimum atomic E-state index is 0.143. The summed E-state index contributed by atoms with van der Waals surface area (Å²) in [5.74, 6) is 1.05. The van der Waals surface area contributed by atoms with Gasteiger partial charge in [-0.1, -0.05) is 18.2 Å². The van der Waals surface area contributed by atoms with Crippen molar-refractivity contribution in [1.82, 2.24) is 10.2 Å². The van der Waals surface area contributed by atoms with E-state index in [0.717, 1.165) is 37.2 Å². The van der Waals surface area contributed by atoms with E-state index >= 15 is 0 Å². The second kappa shape index (κ2) is 8.18. The number of likely N-dealkylation sites (tertiary alicyclic amines) is 1. The maximum Gasteiger partial charge on any atom is 0.220 e. The number of rotatable bonds is 7. The zero-order chi connectivity index (χ0) is 15.9. The standard InChI is InChI=1S/C18H28N2O2/c1-14(2)20-11-10-16(13-20)19-18(21)9-6-12-22-17-8-5-4-7-15(17)3/h4-5,7-8,14,16H,6,9-13H2,1-3H3,(H,19,21). The molecule has 1 N–H and O–H groups in total. The monoisotopic (exact) mass is 304 g/mol. The zero-order valence-corrected chi connectivity index (χ0v) is 14.0. The Balaban J connectivity index is 1.61. The van der Waals surface area contributed by atoms with E-state index in [1.165, 1.54) is 0 Å². The van der Waals surface area contributed by atoms with E-state index in [-0.39, 0.29) is 5.91 Å². The summed E-state index contributed by atoms with van der Waals surface area (Å²) in [5, 5.41) is 3.14. The van der Waals surface area contributed by atoms with Crippen molar-refractivity contribution >= 4 is 5.91 Å². The lowest BCUT2D eigenvalue weighted by atomic mass is 10.2. The van der Waals surface area contributed by atoms with Gasteiger partial charge in [0.1, 0.15) is 5.75 Å². The first-order valence-corrected chi connectivity index (χ1v) is 8.28. The summed E-state index contributed by atoms with van der Waals surface area (Å²) in [4.78, 5) is 14.4. The van der Waals surface area contributed by atoms with Crippen molar-refractivity contribution in [1.29, 1.82) is 0 Å². The molecule has 1 fully saturated rings. The van der Waals surface area contributed by atoms with Crippen molar-refractivity contribution in [2.45, 2.75) is 52.1 Å². The van der Waals surface area contributed by atoms with Gasteiger partial charge in [-0.25, -0.2) is 0 Å². The van der Waals surface area contributed by atoms with Crippen LogP contribution in [0.3, 0.4) is 0 Å². The molecule has 1 heterocycles. The Kier molecular flexibility index (Phi) is 6.25. The van der Waals surface area contributed by atoms with Crippen LogP contribution < -0.4 is 10.1 Å². The summed E-state index contributed by atoms with van der Waals surface area (Å²) in [6, 6.07) is 8.83. The lowest BCUT2D eigenvalue weighted by molar-refractivity contribution is -0.121. The molecule has 1 aliphatic rings. The maximum atomic E-state index is 12.0. The van der Waals surface area contributed by atoms with Gasteiger partial charge in [-0.15, -0.1) is 0 Å². The number of carbonyl (C=O) groups excluding carboxylic acids is 1. The fraction of sp³-hybridized carbons (Fsp3) is 0.611. The number of benzene rings is 1. The van der Waals surface area contributed by atoms with Crippen LogP contribution in [0.25, 0.3) is 0 Å². The number of nitrogens with zero attached hydrogens (tertiary/aromatic N) is 1. The Morgan fingerprint density at radius 3 is 2.86 bits per heavy atom. The molecule has 4 nitrogen and oxygen atoms in total. The van der Waals surface area contributed by atoms with Gasteiger partial charge in [-0.05, 0) is 45.2 Å². The van der Waals surface area contributed by atoms with Gasteiger partial charge in [-0.3, -0.25) is 9.69 Å². The number of aryl methyl sites for hydroxylation is 1. The molecule has 1 amide bonds. The van der Waals surface area contributed by atoms with Gasteiger partial charge in [0.25, 0.3) is 0 Å². The molecule has 0 aliphatic carbocycles. The molecule has 1 unspecified atom stereocenters. The van der Waals surface area contributed by atoms with Crippen molar-refractivity contribution in [2.24, 2.45) is 0 Å². The Labute approximate surface area is 133 Å². The molecule has 22 heavy (non-hydrogen) atoms. The van der Waals surface area contributed by atoms with Gasteiger partial charge in [0.2, 0.25) is 5.91 Å². The SMILES string of the molecule is Cc1ccccc1OCCCC(=O)NC1CCN(C(C)C)C1. The van der Waals surface area contributed by atoms with Gasteiger partial charge < -0.3 is 10.1 Å². The van der Waals surface area contributed by atoms with Gasteiger partial charge in [0.05, 0.1) is 6.61 Å². The van der Waals surface area contributed by atoms with Crippen LogP contribution in [0.15, 0.2) is 24.3 Å². The van der Waals surface area contributed by atoms with E-state index in [9.17, 15) is 4.79 Å². The Morgan fingerprint density at radius 1 is 1.41 bits per heavy atom. The molecule has 1 atom stereocenters. The molecular weight excluding hydrogens is 276 g/mol. The first-order chi connectivity index (χ1) is 10.6. The zero-order valence-electron chi connectivity index (χ0n) is 14.0. The molecule has 0 aromatic heterocycles. The van der Waals surface area contributed by atoms with E-state index in [1.54, 1.807) is 0 Å². The largest absolute Gasteiger partial charge is 0.493 e. The summed E-state index contributed by atoms with van der Waals surface area (Å²) >= 11 is 0. The predicted molar refractivity (Wildman–Crippen MR) is 89.2 cm³/mol. The fourth-order valence-corrected chi connectivity index (χ4v) is 2.81. The third-order valence-electron chi connectivity index (χ3n) is 4.21. The molecule has 0 radical (unpaired) electrons. The highest BCUT2D eigenvalue weighted by atomic mass is 16.5. The molecule has 0 saturated carbocycles. The lowest BCUT2D eigenvalue weighted by Crippen LogP contribution is -2.38. The van der Waals surface area contributed by atoms with Crippen LogP contribution >= 0.6 is 0 Å². The van der Waals surface area contributed by atoms with Gasteiger partial charge in [0, 0.05) is 31.6 Å². The summed E-state index contributed by atoms with van der Waals surface area (Å²) in [7, 11) is 0. The Hall–Kier alpha value is -1.55. The second-order valence-electron chi connectivity index (χ2n) is 6.36. The highest BCUT2D eigenvalue weighted by Crippen LogP contribution is 2.16. The van der Waals surface area contributed by atoms with Crippen molar-refractivity contribution in [3.05, 3.63) is 29.8 Å². The summed E-state index contributed by atoms with van der Waals surface area (Å²) in [6.07, 6.45) is 2.34. The molecule has 1 aromatic carbocycles. The van der Waals surface area contributed by atoms with E-state index in [1.807, 2.05) is 31.2 Å². The smallest absolute Gasteiger partial charge is 0.220 e. The van der Waals surface area contributed by atoms with Crippen LogP contribution in [0, 0.1) is 6.92 Å². The van der Waals surface area contributed by atoms with E-state index in [4.69, 9.17) is 4.74 Å². The number of hydrogen-bond donors (Lipinski definition) is 1. The molecule has 0 spiro atoms. The van der Waals surface area contributed by atoms with Gasteiger partial charge in [-0.2, -0.15) is 0 Å². The van der Waals surface area contributed by atoms with Crippen LogP contribution in [0.5, 0.6) is 5.75 Å². The average Bonchev–Trinajstić information content (AvgIpc) is 2.94. The quantitative estimate of drug-likeness (QED) is 0.788. The Bertz CT molecular complexity index is 488. The Morgan fingerprint density at radius 2 is 2.18 bits per heavy atom. The highest BCUT2D eigenvalue weighted by molar-refractivity contribution is 5.76. The van der Waals surface area contributed by atoms with Crippen molar-refractivity contribution < 1.29 is 9.53 Å². The average molecular weight is 304 g/mol. The second-order valence-corrected chi connectivity index (χ2v) is 6.36. The van der Waals surface area contributed by atoms with Gasteiger partial charge in [0.15, 0.2) is 0 Å². The molecule has 1 aromatic rings. The predicted octanol–water partition coefficient (Wildman–Crippen LogP) is 2.75. The van der Waals surface area contributed by atoms with Crippen molar-refractivity contribution in [2.75, 3.05) is 19.7 Å². The summed E-state index contributed by atoms with van der Waals surface area (Å²) in [5.41, 5.74) is 1.13. The fourth-order valence-electron chi connectivity index (χ4n) is 2.81. The number of carbonyl (C=O) groups is 1. The van der Waals surface area contributed by atoms with Crippen molar-refractivity contribution in [3.63, 3.8) is 0 Å². The minimum Gasteiger partial charge on any atom is -0.493 e. The van der Waals surface area contributed by atoms with Gasteiger partial charge >= 0.3 is 0 Å². The first-order valence-electron chi connectivity index (χ1n) is 8.28. The number of amides is 1. The highest BCUT2D eigenvalue weighted by Gasteiger charge is 2.24. The topological polar surface area (TPSA) is 41.6 Å². The molecule has 2 rings (SSSR count). The van der Waals surface area contributed by atoms with E-state index in [0.29, 0.717) is 25.1 Å². The molecular formula is C18H28N2O2. The molecule has 1 saturated heterocycles. The van der Waals surface area contributed by atoms with Crippen LogP contribution in [-0.2, 0) is 4.79 Å². The number of nitrogens with one attached hydrogen (secondary N) is 1. The van der Waals surface area contributed by atoms with Crippen LogP contribution in [0.1, 0.15) is 38.7 Å². The molecule has 0 bridgehead atoms. The normalized spacial score (nSPS) is 18.6. The molecule has 122 valence electrons. The van der Waals surface area contributed by atoms with Crippen LogP contribution in [0.4, 0.5) is 0 Å². The lowest BCUT2D eigenvalue weighted by Gasteiger charge is -2.20. The third kappa shape index (κ3) is 5.02. The third-order valence-corrected chi connectivity index (χ3v) is 4.21. The minimum absolute atomic E-state index is 0.143. The van der Waals surface area contributed by atoms with E-state index < -0.39 is 0 Å². The van der Waals surface area contributed by atoms with Crippen molar-refractivity contribution in [3.8, 4) is 5.75 Å². The van der Waals surface area contributed by atoms with E-state index in [2.05, 4.69) is 24.1 Å². The van der Waals surface area contributed by atoms with Crippen LogP contribution in [-0.4, -0.2) is 42.6 Å². The number of ether oxygens (including phenoxy) is 1. The number of para-hydroxylation sites is 1. The summed E-state index contributed by atoms with van der Waals surface area (Å²) < 4.78 is 5.72. The molecule has 1 aliphatic heterocycles. The molecule has 4 heteroatoms.